The van der Waals surface area contributed by atoms with E-state index in [4.69, 9.17) is 9.84 Å². The van der Waals surface area contributed by atoms with Gasteiger partial charge in [-0.2, -0.15) is 5.06 Å². The summed E-state index contributed by atoms with van der Waals surface area (Å²) in [5.41, 5.74) is -0.505. The quantitative estimate of drug-likeness (QED) is 0.655. The zero-order valence-corrected chi connectivity index (χ0v) is 11.7. The molecule has 6 nitrogen and oxygen atoms in total. The third-order valence-corrected chi connectivity index (χ3v) is 2.39. The van der Waals surface area contributed by atoms with E-state index >= 15 is 0 Å². The average Bonchev–Trinajstić information content (AvgIpc) is 2.33. The lowest BCUT2D eigenvalue weighted by Gasteiger charge is -2.28. The van der Waals surface area contributed by atoms with E-state index in [0.29, 0.717) is 5.06 Å². The lowest BCUT2D eigenvalue weighted by molar-refractivity contribution is -0.125. The van der Waals surface area contributed by atoms with E-state index in [1.165, 1.54) is 6.20 Å². The number of pyridine rings is 1. The fraction of sp³-hybridized carbons (Fsp3) is 0.538. The van der Waals surface area contributed by atoms with Crippen LogP contribution in [0.1, 0.15) is 38.8 Å². The van der Waals surface area contributed by atoms with Crippen LogP contribution >= 0.6 is 0 Å². The Hall–Kier alpha value is -1.73. The van der Waals surface area contributed by atoms with Crippen LogP contribution in [0.25, 0.3) is 0 Å². The molecule has 0 saturated carbocycles. The minimum Gasteiger partial charge on any atom is -0.442 e. The van der Waals surface area contributed by atoms with Gasteiger partial charge in [0, 0.05) is 12.8 Å². The van der Waals surface area contributed by atoms with Gasteiger partial charge in [0.15, 0.2) is 0 Å². The molecule has 1 aromatic heterocycles. The summed E-state index contributed by atoms with van der Waals surface area (Å²) in [4.78, 5) is 15.4. The molecule has 1 amide bonds. The first-order valence-corrected chi connectivity index (χ1v) is 6.17. The van der Waals surface area contributed by atoms with Gasteiger partial charge >= 0.3 is 6.09 Å². The van der Waals surface area contributed by atoms with Crippen molar-refractivity contribution in [1.29, 1.82) is 0 Å². The molecule has 1 heterocycles. The van der Waals surface area contributed by atoms with Crippen molar-refractivity contribution in [3.05, 3.63) is 29.8 Å². The molecular formula is C13H19FN2O4. The van der Waals surface area contributed by atoms with Gasteiger partial charge < -0.3 is 9.84 Å². The second-order valence-corrected chi connectivity index (χ2v) is 5.29. The first-order valence-electron chi connectivity index (χ1n) is 6.17. The van der Waals surface area contributed by atoms with Gasteiger partial charge in [0.1, 0.15) is 11.4 Å². The van der Waals surface area contributed by atoms with Crippen LogP contribution in [0.4, 0.5) is 9.18 Å². The molecule has 0 aromatic carbocycles. The Labute approximate surface area is 116 Å². The molecule has 1 rings (SSSR count). The average molecular weight is 286 g/mol. The summed E-state index contributed by atoms with van der Waals surface area (Å²) in [6, 6.07) is 0.207. The monoisotopic (exact) mass is 286 g/mol. The number of ether oxygens (including phenoxy) is 1. The highest BCUT2D eigenvalue weighted by Gasteiger charge is 2.28. The summed E-state index contributed by atoms with van der Waals surface area (Å²) in [6.45, 7) is 4.68. The topological polar surface area (TPSA) is 82.9 Å². The summed E-state index contributed by atoms with van der Waals surface area (Å²) in [5, 5.41) is 19.3. The number of hydrogen-bond acceptors (Lipinski definition) is 5. The number of hydrogen-bond donors (Lipinski definition) is 2. The lowest BCUT2D eigenvalue weighted by Crippen LogP contribution is -2.37. The highest BCUT2D eigenvalue weighted by Crippen LogP contribution is 2.24. The Balaban J connectivity index is 2.93. The van der Waals surface area contributed by atoms with Gasteiger partial charge in [0.25, 0.3) is 0 Å². The molecule has 112 valence electrons. The van der Waals surface area contributed by atoms with Gasteiger partial charge in [-0.1, -0.05) is 0 Å². The third kappa shape index (κ3) is 4.75. The number of aliphatic hydroxyl groups is 1. The maximum Gasteiger partial charge on any atom is 0.434 e. The molecule has 0 aliphatic rings. The van der Waals surface area contributed by atoms with Crippen molar-refractivity contribution in [3.8, 4) is 0 Å². The predicted molar refractivity (Wildman–Crippen MR) is 68.5 cm³/mol. The second kappa shape index (κ2) is 6.62. The van der Waals surface area contributed by atoms with Crippen molar-refractivity contribution in [2.45, 2.75) is 38.8 Å². The van der Waals surface area contributed by atoms with Crippen LogP contribution in [-0.2, 0) is 4.74 Å². The van der Waals surface area contributed by atoms with E-state index in [0.717, 1.165) is 12.3 Å². The van der Waals surface area contributed by atoms with Crippen LogP contribution in [-0.4, -0.2) is 38.7 Å². The van der Waals surface area contributed by atoms with E-state index in [2.05, 4.69) is 4.98 Å². The number of aliphatic hydroxyl groups excluding tert-OH is 1. The minimum atomic E-state index is -0.972. The highest BCUT2D eigenvalue weighted by atomic mass is 19.1. The number of amides is 1. The number of aromatic nitrogens is 1. The summed E-state index contributed by atoms with van der Waals surface area (Å²) < 4.78 is 18.2. The van der Waals surface area contributed by atoms with Crippen LogP contribution in [0.5, 0.6) is 0 Å². The third-order valence-electron chi connectivity index (χ3n) is 2.39. The first-order chi connectivity index (χ1) is 9.24. The molecule has 1 aromatic rings. The standard InChI is InChI=1S/C13H19FN2O4/c1-13(2,3)20-12(18)16(19)11(4-5-17)9-6-10(14)8-15-7-9/h6-8,11,17,19H,4-5H2,1-3H3/t11-/m1/s1. The van der Waals surface area contributed by atoms with Crippen LogP contribution < -0.4 is 0 Å². The molecule has 0 radical (unpaired) electrons. The van der Waals surface area contributed by atoms with Crippen molar-refractivity contribution in [2.75, 3.05) is 6.61 Å². The summed E-state index contributed by atoms with van der Waals surface area (Å²) in [5.74, 6) is -0.594. The Bertz CT molecular complexity index is 462. The van der Waals surface area contributed by atoms with Crippen LogP contribution in [0, 0.1) is 5.82 Å². The molecule has 0 spiro atoms. The maximum atomic E-state index is 13.2. The molecule has 2 N–H and O–H groups in total. The predicted octanol–water partition coefficient (Wildman–Crippen LogP) is 2.27. The van der Waals surface area contributed by atoms with E-state index in [1.54, 1.807) is 20.8 Å². The lowest BCUT2D eigenvalue weighted by atomic mass is 10.1. The van der Waals surface area contributed by atoms with Crippen LogP contribution in [0.3, 0.4) is 0 Å². The largest absolute Gasteiger partial charge is 0.442 e. The SMILES string of the molecule is CC(C)(C)OC(=O)N(O)[C@H](CCO)c1cncc(F)c1. The van der Waals surface area contributed by atoms with Crippen molar-refractivity contribution < 1.29 is 24.2 Å². The Morgan fingerprint density at radius 1 is 1.50 bits per heavy atom. The molecule has 0 saturated heterocycles. The van der Waals surface area contributed by atoms with Gasteiger partial charge in [0.05, 0.1) is 12.2 Å². The zero-order valence-electron chi connectivity index (χ0n) is 11.7. The molecular weight excluding hydrogens is 267 g/mol. The van der Waals surface area contributed by atoms with E-state index in [-0.39, 0.29) is 18.6 Å². The van der Waals surface area contributed by atoms with Gasteiger partial charge in [-0.15, -0.1) is 0 Å². The number of carbonyl (C=O) groups is 1. The van der Waals surface area contributed by atoms with Crippen molar-refractivity contribution in [1.82, 2.24) is 10.0 Å². The van der Waals surface area contributed by atoms with Crippen molar-refractivity contribution in [3.63, 3.8) is 0 Å². The van der Waals surface area contributed by atoms with Gasteiger partial charge in [-0.3, -0.25) is 10.2 Å². The molecule has 0 bridgehead atoms. The normalized spacial score (nSPS) is 12.9. The molecule has 1 atom stereocenters. The zero-order chi connectivity index (χ0) is 15.3. The van der Waals surface area contributed by atoms with Gasteiger partial charge in [-0.05, 0) is 38.8 Å². The maximum absolute atomic E-state index is 13.2. The number of hydroxylamine groups is 2. The molecule has 0 unspecified atom stereocenters. The van der Waals surface area contributed by atoms with Crippen molar-refractivity contribution >= 4 is 6.09 Å². The molecule has 20 heavy (non-hydrogen) atoms. The minimum absolute atomic E-state index is 0.0286. The Kier molecular flexibility index (Phi) is 5.41. The van der Waals surface area contributed by atoms with Crippen molar-refractivity contribution in [2.24, 2.45) is 0 Å². The highest BCUT2D eigenvalue weighted by molar-refractivity contribution is 5.67. The van der Waals surface area contributed by atoms with Gasteiger partial charge in [-0.25, -0.2) is 9.18 Å². The molecule has 0 aliphatic heterocycles. The number of halogens is 1. The molecule has 0 aliphatic carbocycles. The van der Waals surface area contributed by atoms with Crippen LogP contribution in [0.2, 0.25) is 0 Å². The second-order valence-electron chi connectivity index (χ2n) is 5.29. The Morgan fingerprint density at radius 2 is 2.15 bits per heavy atom. The summed E-state index contributed by atoms with van der Waals surface area (Å²) in [6.07, 6.45) is 1.38. The van der Waals surface area contributed by atoms with Crippen LogP contribution in [0.15, 0.2) is 18.5 Å². The van der Waals surface area contributed by atoms with E-state index < -0.39 is 23.6 Å². The fourth-order valence-corrected chi connectivity index (χ4v) is 1.60. The molecule has 0 fully saturated rings. The first kappa shape index (κ1) is 16.3. The van der Waals surface area contributed by atoms with E-state index in [1.807, 2.05) is 0 Å². The summed E-state index contributed by atoms with van der Waals surface area (Å²) in [7, 11) is 0. The number of nitrogens with zero attached hydrogens (tertiary/aromatic N) is 2. The van der Waals surface area contributed by atoms with Gasteiger partial charge in [0.2, 0.25) is 0 Å². The molecule has 7 heteroatoms. The van der Waals surface area contributed by atoms with E-state index in [9.17, 15) is 14.4 Å². The smallest absolute Gasteiger partial charge is 0.434 e. The number of rotatable bonds is 4. The fourth-order valence-electron chi connectivity index (χ4n) is 1.60. The summed E-state index contributed by atoms with van der Waals surface area (Å²) >= 11 is 0. The number of carbonyl (C=O) groups excluding carboxylic acids is 1. The Morgan fingerprint density at radius 3 is 2.65 bits per heavy atom.